The maximum atomic E-state index is 13.0. The minimum absolute atomic E-state index is 0.288. The van der Waals surface area contributed by atoms with Gasteiger partial charge >= 0.3 is 0 Å². The van der Waals surface area contributed by atoms with Crippen LogP contribution in [0.2, 0.25) is 0 Å². The third-order valence-electron chi connectivity index (χ3n) is 4.93. The van der Waals surface area contributed by atoms with Gasteiger partial charge in [-0.25, -0.2) is 8.42 Å². The summed E-state index contributed by atoms with van der Waals surface area (Å²) in [5, 5.41) is 6.76. The summed E-state index contributed by atoms with van der Waals surface area (Å²) in [6, 6.07) is 0. The van der Waals surface area contributed by atoms with Crippen molar-refractivity contribution in [3.05, 3.63) is 11.4 Å². The Bertz CT molecular complexity index is 581. The van der Waals surface area contributed by atoms with Crippen LogP contribution in [0, 0.1) is 19.8 Å². The van der Waals surface area contributed by atoms with Crippen LogP contribution in [0.15, 0.2) is 4.90 Å². The lowest BCUT2D eigenvalue weighted by molar-refractivity contribution is 0.135. The topological polar surface area (TPSA) is 92.1 Å². The van der Waals surface area contributed by atoms with E-state index in [1.54, 1.807) is 20.9 Å². The second kappa shape index (κ2) is 5.70. The lowest BCUT2D eigenvalue weighted by Gasteiger charge is -2.44. The molecule has 0 spiro atoms. The largest absolute Gasteiger partial charge is 0.329 e. The van der Waals surface area contributed by atoms with E-state index in [9.17, 15) is 8.42 Å². The molecule has 1 saturated carbocycles. The molecule has 21 heavy (non-hydrogen) atoms. The van der Waals surface area contributed by atoms with Gasteiger partial charge in [0.2, 0.25) is 10.0 Å². The molecule has 1 aromatic rings. The molecule has 1 fully saturated rings. The molecule has 0 amide bonds. The van der Waals surface area contributed by atoms with Crippen molar-refractivity contribution in [2.24, 2.45) is 11.7 Å². The molecule has 7 heteroatoms. The SMILES string of the molecule is Cc1n[nH]c(C)c1S(=O)(=O)N(C)C1(CN)CCC(C)CC1. The maximum absolute atomic E-state index is 13.0. The van der Waals surface area contributed by atoms with E-state index in [0.29, 0.717) is 23.9 Å². The standard InChI is InChI=1S/C14H26N4O2S/c1-10-5-7-14(9-15,8-6-10)18(4)21(19,20)13-11(2)16-17-12(13)3/h10H,5-9,15H2,1-4H3,(H,16,17). The number of aromatic nitrogens is 2. The lowest BCUT2D eigenvalue weighted by atomic mass is 9.77. The van der Waals surface area contributed by atoms with Gasteiger partial charge in [-0.15, -0.1) is 0 Å². The Hall–Kier alpha value is -0.920. The number of H-pyrrole nitrogens is 1. The number of likely N-dealkylation sites (N-methyl/N-ethyl adjacent to an activating group) is 1. The van der Waals surface area contributed by atoms with Gasteiger partial charge in [-0.2, -0.15) is 9.40 Å². The van der Waals surface area contributed by atoms with Crippen LogP contribution >= 0.6 is 0 Å². The summed E-state index contributed by atoms with van der Waals surface area (Å²) >= 11 is 0. The highest BCUT2D eigenvalue weighted by atomic mass is 32.2. The second-order valence-corrected chi connectivity index (χ2v) is 8.25. The van der Waals surface area contributed by atoms with E-state index in [2.05, 4.69) is 17.1 Å². The van der Waals surface area contributed by atoms with Crippen LogP contribution in [0.5, 0.6) is 0 Å². The molecular weight excluding hydrogens is 288 g/mol. The molecule has 2 rings (SSSR count). The average molecular weight is 314 g/mol. The molecule has 1 aliphatic carbocycles. The first kappa shape index (κ1) is 16.5. The highest BCUT2D eigenvalue weighted by Crippen LogP contribution is 2.38. The minimum atomic E-state index is -3.59. The Morgan fingerprint density at radius 1 is 1.38 bits per heavy atom. The molecule has 1 heterocycles. The van der Waals surface area contributed by atoms with Crippen molar-refractivity contribution in [1.29, 1.82) is 0 Å². The molecular formula is C14H26N4O2S. The van der Waals surface area contributed by atoms with Gasteiger partial charge in [-0.1, -0.05) is 6.92 Å². The number of nitrogens with one attached hydrogen (secondary N) is 1. The fraction of sp³-hybridized carbons (Fsp3) is 0.786. The van der Waals surface area contributed by atoms with Gasteiger partial charge in [0.05, 0.1) is 11.4 Å². The van der Waals surface area contributed by atoms with E-state index in [1.165, 1.54) is 4.31 Å². The Balaban J connectivity index is 2.40. The van der Waals surface area contributed by atoms with Crippen molar-refractivity contribution in [2.75, 3.05) is 13.6 Å². The number of rotatable bonds is 4. The average Bonchev–Trinajstić information content (AvgIpc) is 2.79. The quantitative estimate of drug-likeness (QED) is 0.882. The third kappa shape index (κ3) is 2.74. The summed E-state index contributed by atoms with van der Waals surface area (Å²) in [4.78, 5) is 0.288. The van der Waals surface area contributed by atoms with Gasteiger partial charge in [0.1, 0.15) is 4.90 Å². The normalized spacial score (nSPS) is 27.2. The summed E-state index contributed by atoms with van der Waals surface area (Å²) < 4.78 is 27.5. The van der Waals surface area contributed by atoms with E-state index in [1.807, 2.05) is 0 Å². The third-order valence-corrected chi connectivity index (χ3v) is 7.16. The van der Waals surface area contributed by atoms with Crippen molar-refractivity contribution in [3.63, 3.8) is 0 Å². The molecule has 1 aliphatic rings. The Kier molecular flexibility index (Phi) is 4.46. The highest BCUT2D eigenvalue weighted by molar-refractivity contribution is 7.89. The van der Waals surface area contributed by atoms with Gasteiger partial charge in [-0.05, 0) is 45.4 Å². The van der Waals surface area contributed by atoms with E-state index >= 15 is 0 Å². The molecule has 0 radical (unpaired) electrons. The van der Waals surface area contributed by atoms with Crippen molar-refractivity contribution in [3.8, 4) is 0 Å². The Morgan fingerprint density at radius 2 is 1.95 bits per heavy atom. The zero-order valence-electron chi connectivity index (χ0n) is 13.3. The fourth-order valence-electron chi connectivity index (χ4n) is 3.26. The number of sulfonamides is 1. The van der Waals surface area contributed by atoms with E-state index < -0.39 is 15.6 Å². The predicted molar refractivity (Wildman–Crippen MR) is 82.4 cm³/mol. The van der Waals surface area contributed by atoms with Gasteiger partial charge in [0, 0.05) is 19.1 Å². The molecule has 0 bridgehead atoms. The minimum Gasteiger partial charge on any atom is -0.329 e. The van der Waals surface area contributed by atoms with Gasteiger partial charge < -0.3 is 5.73 Å². The highest BCUT2D eigenvalue weighted by Gasteiger charge is 2.43. The van der Waals surface area contributed by atoms with Gasteiger partial charge in [-0.3, -0.25) is 5.10 Å². The van der Waals surface area contributed by atoms with Crippen LogP contribution in [-0.2, 0) is 10.0 Å². The number of aromatic amines is 1. The number of nitrogens with two attached hydrogens (primary N) is 1. The number of aryl methyl sites for hydroxylation is 2. The molecule has 3 N–H and O–H groups in total. The second-order valence-electron chi connectivity index (χ2n) is 6.35. The Morgan fingerprint density at radius 3 is 2.38 bits per heavy atom. The molecule has 0 unspecified atom stereocenters. The monoisotopic (exact) mass is 314 g/mol. The fourth-order valence-corrected chi connectivity index (χ4v) is 5.15. The molecule has 0 aromatic carbocycles. The van der Waals surface area contributed by atoms with Crippen LogP contribution in [0.25, 0.3) is 0 Å². The Labute approximate surface area is 127 Å². The number of nitrogens with zero attached hydrogens (tertiary/aromatic N) is 2. The zero-order chi connectivity index (χ0) is 15.8. The van der Waals surface area contributed by atoms with E-state index in [-0.39, 0.29) is 4.90 Å². The lowest BCUT2D eigenvalue weighted by Crippen LogP contribution is -2.56. The van der Waals surface area contributed by atoms with Crippen molar-refractivity contribution in [2.45, 2.75) is 56.9 Å². The smallest absolute Gasteiger partial charge is 0.247 e. The summed E-state index contributed by atoms with van der Waals surface area (Å²) in [7, 11) is -1.93. The van der Waals surface area contributed by atoms with Crippen LogP contribution in [-0.4, -0.2) is 42.1 Å². The van der Waals surface area contributed by atoms with Crippen LogP contribution in [0.1, 0.15) is 44.0 Å². The first-order chi connectivity index (χ1) is 9.74. The van der Waals surface area contributed by atoms with Crippen LogP contribution in [0.3, 0.4) is 0 Å². The molecule has 1 aromatic heterocycles. The van der Waals surface area contributed by atoms with E-state index in [0.717, 1.165) is 25.7 Å². The first-order valence-corrected chi connectivity index (χ1v) is 8.89. The van der Waals surface area contributed by atoms with Crippen molar-refractivity contribution < 1.29 is 8.42 Å². The van der Waals surface area contributed by atoms with Crippen LogP contribution in [0.4, 0.5) is 0 Å². The molecule has 0 saturated heterocycles. The summed E-state index contributed by atoms with van der Waals surface area (Å²) in [6.07, 6.45) is 3.66. The van der Waals surface area contributed by atoms with Crippen molar-refractivity contribution in [1.82, 2.24) is 14.5 Å². The number of hydrogen-bond donors (Lipinski definition) is 2. The van der Waals surface area contributed by atoms with Gasteiger partial charge in [0.25, 0.3) is 0 Å². The van der Waals surface area contributed by atoms with E-state index in [4.69, 9.17) is 5.73 Å². The van der Waals surface area contributed by atoms with Gasteiger partial charge in [0.15, 0.2) is 0 Å². The summed E-state index contributed by atoms with van der Waals surface area (Å²) in [6.45, 7) is 6.01. The van der Waals surface area contributed by atoms with Crippen LogP contribution < -0.4 is 5.73 Å². The summed E-state index contributed by atoms with van der Waals surface area (Å²) in [5.74, 6) is 0.637. The maximum Gasteiger partial charge on any atom is 0.247 e. The van der Waals surface area contributed by atoms with Crippen molar-refractivity contribution >= 4 is 10.0 Å². The number of hydrogen-bond acceptors (Lipinski definition) is 4. The molecule has 0 atom stereocenters. The molecule has 0 aliphatic heterocycles. The summed E-state index contributed by atoms with van der Waals surface area (Å²) in [5.41, 5.74) is 6.60. The predicted octanol–water partition coefficient (Wildman–Crippen LogP) is 1.55. The zero-order valence-corrected chi connectivity index (χ0v) is 14.1. The molecule has 120 valence electrons. The first-order valence-electron chi connectivity index (χ1n) is 7.45. The molecule has 6 nitrogen and oxygen atoms in total.